The second-order valence-corrected chi connectivity index (χ2v) is 10.8. The molecular formula is C22H33Cl2N3O2S. The Kier molecular flexibility index (Phi) is 9.79. The van der Waals surface area contributed by atoms with Gasteiger partial charge in [0.2, 0.25) is 11.8 Å². The number of nitrogens with zero attached hydrogens (tertiary/aromatic N) is 2. The highest BCUT2D eigenvalue weighted by Gasteiger charge is 2.28. The van der Waals surface area contributed by atoms with Crippen LogP contribution in [0.15, 0.2) is 18.2 Å². The molecule has 5 nitrogen and oxygen atoms in total. The van der Waals surface area contributed by atoms with E-state index in [0.717, 1.165) is 24.9 Å². The fourth-order valence-electron chi connectivity index (χ4n) is 3.75. The molecule has 1 aliphatic heterocycles. The van der Waals surface area contributed by atoms with Gasteiger partial charge in [-0.05, 0) is 50.0 Å². The summed E-state index contributed by atoms with van der Waals surface area (Å²) in [5.41, 5.74) is 1.01. The number of hydrogen-bond acceptors (Lipinski definition) is 4. The van der Waals surface area contributed by atoms with Crippen LogP contribution in [0.5, 0.6) is 0 Å². The van der Waals surface area contributed by atoms with Crippen molar-refractivity contribution in [3.05, 3.63) is 33.8 Å². The van der Waals surface area contributed by atoms with Gasteiger partial charge in [0, 0.05) is 47.9 Å². The molecule has 1 aromatic rings. The molecule has 168 valence electrons. The Balaban J connectivity index is 1.70. The highest BCUT2D eigenvalue weighted by molar-refractivity contribution is 7.99. The van der Waals surface area contributed by atoms with Crippen molar-refractivity contribution in [1.29, 1.82) is 0 Å². The molecule has 0 radical (unpaired) electrons. The zero-order valence-electron chi connectivity index (χ0n) is 18.3. The molecule has 0 spiro atoms. The number of halogens is 2. The Hall–Kier alpha value is -0.950. The third kappa shape index (κ3) is 8.29. The van der Waals surface area contributed by atoms with E-state index in [1.165, 1.54) is 0 Å². The molecule has 0 atom stereocenters. The van der Waals surface area contributed by atoms with Crippen LogP contribution in [0.3, 0.4) is 0 Å². The number of piperidine rings is 1. The van der Waals surface area contributed by atoms with E-state index in [4.69, 9.17) is 23.2 Å². The summed E-state index contributed by atoms with van der Waals surface area (Å²) in [6.07, 6.45) is 1.44. The lowest BCUT2D eigenvalue weighted by Gasteiger charge is -2.33. The molecule has 0 unspecified atom stereocenters. The SMILES string of the molecule is CN(C)CC(C)(C)CNC(=O)C1CCN(C(=O)CSCc2ccc(Cl)cc2Cl)CC1. The first kappa shape index (κ1) is 25.3. The van der Waals surface area contributed by atoms with Crippen molar-refractivity contribution in [2.75, 3.05) is 46.0 Å². The largest absolute Gasteiger partial charge is 0.355 e. The fraction of sp³-hybridized carbons (Fsp3) is 0.636. The fourth-order valence-corrected chi connectivity index (χ4v) is 5.24. The van der Waals surface area contributed by atoms with Crippen LogP contribution in [0.2, 0.25) is 10.0 Å². The first-order chi connectivity index (χ1) is 14.1. The minimum absolute atomic E-state index is 0.00951. The van der Waals surface area contributed by atoms with E-state index in [9.17, 15) is 9.59 Å². The zero-order chi connectivity index (χ0) is 22.3. The maximum absolute atomic E-state index is 12.5. The summed E-state index contributed by atoms with van der Waals surface area (Å²) in [5, 5.41) is 4.35. The summed E-state index contributed by atoms with van der Waals surface area (Å²) >= 11 is 13.6. The lowest BCUT2D eigenvalue weighted by molar-refractivity contribution is -0.133. The van der Waals surface area contributed by atoms with E-state index in [2.05, 4.69) is 24.1 Å². The van der Waals surface area contributed by atoms with Crippen molar-refractivity contribution in [1.82, 2.24) is 15.1 Å². The molecule has 0 bridgehead atoms. The minimum atomic E-state index is -0.00951. The maximum atomic E-state index is 12.5. The van der Waals surface area contributed by atoms with Crippen LogP contribution < -0.4 is 5.32 Å². The van der Waals surface area contributed by atoms with Crippen LogP contribution in [-0.4, -0.2) is 67.6 Å². The third-order valence-electron chi connectivity index (χ3n) is 5.20. The van der Waals surface area contributed by atoms with Crippen LogP contribution >= 0.6 is 35.0 Å². The van der Waals surface area contributed by atoms with Gasteiger partial charge in [0.15, 0.2) is 0 Å². The second kappa shape index (κ2) is 11.6. The number of benzene rings is 1. The first-order valence-corrected chi connectivity index (χ1v) is 12.2. The highest BCUT2D eigenvalue weighted by atomic mass is 35.5. The van der Waals surface area contributed by atoms with Crippen molar-refractivity contribution in [3.8, 4) is 0 Å². The van der Waals surface area contributed by atoms with Gasteiger partial charge in [-0.15, -0.1) is 11.8 Å². The Morgan fingerprint density at radius 3 is 2.50 bits per heavy atom. The quantitative estimate of drug-likeness (QED) is 0.584. The van der Waals surface area contributed by atoms with Crippen molar-refractivity contribution in [2.24, 2.45) is 11.3 Å². The Bertz CT molecular complexity index is 735. The van der Waals surface area contributed by atoms with Gasteiger partial charge in [-0.1, -0.05) is 43.1 Å². The van der Waals surface area contributed by atoms with E-state index in [-0.39, 0.29) is 23.1 Å². The monoisotopic (exact) mass is 473 g/mol. The standard InChI is InChI=1S/C22H33Cl2N3O2S/c1-22(2,15-26(3)4)14-25-21(29)16-7-9-27(10-8-16)20(28)13-30-12-17-5-6-18(23)11-19(17)24/h5-6,11,16H,7-10,12-15H2,1-4H3,(H,25,29). The molecule has 1 fully saturated rings. The van der Waals surface area contributed by atoms with E-state index in [1.807, 2.05) is 31.1 Å². The van der Waals surface area contributed by atoms with E-state index >= 15 is 0 Å². The number of carbonyl (C=O) groups excluding carboxylic acids is 2. The van der Waals surface area contributed by atoms with E-state index < -0.39 is 0 Å². The molecule has 0 aromatic heterocycles. The van der Waals surface area contributed by atoms with Gasteiger partial charge in [0.1, 0.15) is 0 Å². The van der Waals surface area contributed by atoms with Crippen molar-refractivity contribution < 1.29 is 9.59 Å². The maximum Gasteiger partial charge on any atom is 0.232 e. The summed E-state index contributed by atoms with van der Waals surface area (Å²) in [4.78, 5) is 29.1. The highest BCUT2D eigenvalue weighted by Crippen LogP contribution is 2.25. The van der Waals surface area contributed by atoms with Crippen LogP contribution in [0.1, 0.15) is 32.3 Å². The average Bonchev–Trinajstić information content (AvgIpc) is 2.67. The molecule has 30 heavy (non-hydrogen) atoms. The molecule has 1 N–H and O–H groups in total. The molecule has 1 heterocycles. The normalized spacial score (nSPS) is 15.5. The van der Waals surface area contributed by atoms with E-state index in [1.54, 1.807) is 17.8 Å². The summed E-state index contributed by atoms with van der Waals surface area (Å²) in [6, 6.07) is 5.42. The molecule has 1 aliphatic rings. The molecule has 8 heteroatoms. The van der Waals surface area contributed by atoms with Gasteiger partial charge in [0.25, 0.3) is 0 Å². The molecular weight excluding hydrogens is 441 g/mol. The molecule has 1 saturated heterocycles. The molecule has 0 aliphatic carbocycles. The predicted molar refractivity (Wildman–Crippen MR) is 127 cm³/mol. The lowest BCUT2D eigenvalue weighted by Crippen LogP contribution is -2.46. The van der Waals surface area contributed by atoms with Gasteiger partial charge in [-0.2, -0.15) is 0 Å². The first-order valence-electron chi connectivity index (χ1n) is 10.3. The van der Waals surface area contributed by atoms with Crippen molar-refractivity contribution in [3.63, 3.8) is 0 Å². The van der Waals surface area contributed by atoms with Crippen molar-refractivity contribution >= 4 is 46.8 Å². The van der Waals surface area contributed by atoms with Gasteiger partial charge in [0.05, 0.1) is 5.75 Å². The lowest BCUT2D eigenvalue weighted by atomic mass is 9.91. The average molecular weight is 474 g/mol. The van der Waals surface area contributed by atoms with Gasteiger partial charge >= 0.3 is 0 Å². The smallest absolute Gasteiger partial charge is 0.232 e. The Labute approximate surface area is 194 Å². The van der Waals surface area contributed by atoms with Crippen molar-refractivity contribution in [2.45, 2.75) is 32.4 Å². The summed E-state index contributed by atoms with van der Waals surface area (Å²) in [5.74, 6) is 1.30. The molecule has 2 rings (SSSR count). The number of likely N-dealkylation sites (tertiary alicyclic amines) is 1. The Morgan fingerprint density at radius 2 is 1.90 bits per heavy atom. The van der Waals surface area contributed by atoms with Gasteiger partial charge < -0.3 is 15.1 Å². The number of rotatable bonds is 9. The van der Waals surface area contributed by atoms with Crippen LogP contribution in [0, 0.1) is 11.3 Å². The third-order valence-corrected chi connectivity index (χ3v) is 6.76. The predicted octanol–water partition coefficient (Wildman–Crippen LogP) is 4.17. The summed E-state index contributed by atoms with van der Waals surface area (Å²) in [6.45, 7) is 7.17. The number of hydrogen-bond donors (Lipinski definition) is 1. The van der Waals surface area contributed by atoms with Crippen LogP contribution in [-0.2, 0) is 15.3 Å². The van der Waals surface area contributed by atoms with Gasteiger partial charge in [-0.3, -0.25) is 9.59 Å². The van der Waals surface area contributed by atoms with Crippen LogP contribution in [0.4, 0.5) is 0 Å². The second-order valence-electron chi connectivity index (χ2n) is 9.00. The Morgan fingerprint density at radius 1 is 1.23 bits per heavy atom. The molecule has 0 saturated carbocycles. The number of nitrogens with one attached hydrogen (secondary N) is 1. The van der Waals surface area contributed by atoms with Crippen LogP contribution in [0.25, 0.3) is 0 Å². The van der Waals surface area contributed by atoms with E-state index in [0.29, 0.717) is 41.2 Å². The summed E-state index contributed by atoms with van der Waals surface area (Å²) in [7, 11) is 4.08. The zero-order valence-corrected chi connectivity index (χ0v) is 20.7. The summed E-state index contributed by atoms with van der Waals surface area (Å²) < 4.78 is 0. The number of carbonyl (C=O) groups is 2. The topological polar surface area (TPSA) is 52.7 Å². The number of amides is 2. The molecule has 2 amide bonds. The molecule has 1 aromatic carbocycles. The minimum Gasteiger partial charge on any atom is -0.355 e. The number of thioether (sulfide) groups is 1. The van der Waals surface area contributed by atoms with Gasteiger partial charge in [-0.25, -0.2) is 0 Å².